The number of nitrogens with one attached hydrogen (secondary N) is 2. The lowest BCUT2D eigenvalue weighted by molar-refractivity contribution is 0.168. The van der Waals surface area contributed by atoms with Crippen LogP contribution in [0.15, 0.2) is 37.1 Å². The highest BCUT2D eigenvalue weighted by Gasteiger charge is 2.25. The highest BCUT2D eigenvalue weighted by Crippen LogP contribution is 2.35. The Morgan fingerprint density at radius 3 is 2.79 bits per heavy atom. The number of rotatable bonds is 5. The SMILES string of the molecule is CN(C)C(=O)N1CCN(c2c(CCNc3ncnc4nc[nH]c34)cc(Cl)c3cccnc23)CC1. The van der Waals surface area contributed by atoms with Crippen molar-refractivity contribution in [3.8, 4) is 0 Å². The molecule has 10 nitrogen and oxygen atoms in total. The van der Waals surface area contributed by atoms with Gasteiger partial charge in [0.1, 0.15) is 11.8 Å². The Hall–Kier alpha value is -3.66. The molecule has 0 unspecified atom stereocenters. The first-order valence-electron chi connectivity index (χ1n) is 11.2. The summed E-state index contributed by atoms with van der Waals surface area (Å²) in [7, 11) is 3.57. The number of carbonyl (C=O) groups excluding carboxylic acids is 1. The maximum atomic E-state index is 12.4. The van der Waals surface area contributed by atoms with Crippen molar-refractivity contribution in [1.29, 1.82) is 0 Å². The number of aromatic nitrogens is 5. The molecular weight excluding hydrogens is 454 g/mol. The number of imidazole rings is 1. The van der Waals surface area contributed by atoms with E-state index < -0.39 is 0 Å². The predicted octanol–water partition coefficient (Wildman–Crippen LogP) is 3.01. The molecule has 1 fully saturated rings. The summed E-state index contributed by atoms with van der Waals surface area (Å²) in [4.78, 5) is 38.7. The number of aromatic amines is 1. The van der Waals surface area contributed by atoms with Crippen LogP contribution in [0.25, 0.3) is 22.1 Å². The predicted molar refractivity (Wildman–Crippen MR) is 133 cm³/mol. The van der Waals surface area contributed by atoms with Gasteiger partial charge in [-0.15, -0.1) is 0 Å². The number of amides is 2. The first-order chi connectivity index (χ1) is 16.5. The number of hydrogen-bond acceptors (Lipinski definition) is 7. The van der Waals surface area contributed by atoms with E-state index in [0.717, 1.165) is 47.2 Å². The first kappa shape index (κ1) is 22.1. The molecule has 2 N–H and O–H groups in total. The summed E-state index contributed by atoms with van der Waals surface area (Å²) in [6.07, 6.45) is 5.63. The molecule has 2 amide bonds. The fraction of sp³-hybridized carbons (Fsp3) is 0.348. The molecule has 4 aromatic rings. The van der Waals surface area contributed by atoms with E-state index in [1.54, 1.807) is 31.5 Å². The van der Waals surface area contributed by atoms with E-state index in [0.29, 0.717) is 36.1 Å². The van der Waals surface area contributed by atoms with Crippen LogP contribution in [-0.4, -0.2) is 87.6 Å². The lowest BCUT2D eigenvalue weighted by Crippen LogP contribution is -2.51. The van der Waals surface area contributed by atoms with Crippen molar-refractivity contribution in [3.05, 3.63) is 47.6 Å². The first-order valence-corrected chi connectivity index (χ1v) is 11.6. The number of carbonyl (C=O) groups is 1. The van der Waals surface area contributed by atoms with E-state index in [1.807, 2.05) is 23.1 Å². The molecule has 1 aliphatic rings. The Kier molecular flexibility index (Phi) is 6.06. The van der Waals surface area contributed by atoms with Gasteiger partial charge in [0.2, 0.25) is 0 Å². The zero-order chi connectivity index (χ0) is 23.7. The minimum Gasteiger partial charge on any atom is -0.368 e. The summed E-state index contributed by atoms with van der Waals surface area (Å²) in [6.45, 7) is 3.42. The van der Waals surface area contributed by atoms with E-state index in [1.165, 1.54) is 6.33 Å². The summed E-state index contributed by atoms with van der Waals surface area (Å²) < 4.78 is 0. The topological polar surface area (TPSA) is 106 Å². The molecule has 1 saturated heterocycles. The lowest BCUT2D eigenvalue weighted by Gasteiger charge is -2.38. The fourth-order valence-corrected chi connectivity index (χ4v) is 4.68. The number of urea groups is 1. The molecule has 0 saturated carbocycles. The molecule has 0 aliphatic carbocycles. The van der Waals surface area contributed by atoms with Gasteiger partial charge in [-0.1, -0.05) is 11.6 Å². The van der Waals surface area contributed by atoms with Crippen molar-refractivity contribution in [2.45, 2.75) is 6.42 Å². The molecule has 1 aliphatic heterocycles. The molecule has 0 atom stereocenters. The van der Waals surface area contributed by atoms with Gasteiger partial charge in [0.25, 0.3) is 0 Å². The van der Waals surface area contributed by atoms with Crippen LogP contribution in [0.2, 0.25) is 5.02 Å². The third kappa shape index (κ3) is 4.16. The molecule has 176 valence electrons. The second-order valence-electron chi connectivity index (χ2n) is 8.42. The van der Waals surface area contributed by atoms with Crippen molar-refractivity contribution < 1.29 is 4.79 Å². The van der Waals surface area contributed by atoms with Crippen LogP contribution >= 0.6 is 11.6 Å². The standard InChI is InChI=1S/C23H26ClN9O/c1-31(2)23(34)33-10-8-32(9-11-33)20-15(12-17(24)16-4-3-6-25-18(16)20)5-7-26-21-19-22(28-13-27-19)30-14-29-21/h3-4,6,12-14H,5,7-11H2,1-2H3,(H2,26,27,28,29,30). The van der Waals surface area contributed by atoms with Crippen LogP contribution in [0, 0.1) is 0 Å². The summed E-state index contributed by atoms with van der Waals surface area (Å²) in [5.41, 5.74) is 4.47. The van der Waals surface area contributed by atoms with Crippen molar-refractivity contribution in [2.75, 3.05) is 57.0 Å². The van der Waals surface area contributed by atoms with Gasteiger partial charge >= 0.3 is 6.03 Å². The minimum absolute atomic E-state index is 0.0399. The number of benzene rings is 1. The maximum absolute atomic E-state index is 12.4. The molecule has 5 rings (SSSR count). The second kappa shape index (κ2) is 9.30. The van der Waals surface area contributed by atoms with E-state index in [4.69, 9.17) is 16.6 Å². The monoisotopic (exact) mass is 479 g/mol. The van der Waals surface area contributed by atoms with Gasteiger partial charge in [0.15, 0.2) is 11.5 Å². The van der Waals surface area contributed by atoms with E-state index >= 15 is 0 Å². The fourth-order valence-electron chi connectivity index (χ4n) is 4.40. The van der Waals surface area contributed by atoms with Crippen molar-refractivity contribution in [2.24, 2.45) is 0 Å². The molecular formula is C23H26ClN9O. The maximum Gasteiger partial charge on any atom is 0.319 e. The van der Waals surface area contributed by atoms with Crippen LogP contribution in [0.5, 0.6) is 0 Å². The van der Waals surface area contributed by atoms with Crippen LogP contribution < -0.4 is 10.2 Å². The molecule has 4 heterocycles. The van der Waals surface area contributed by atoms with Crippen molar-refractivity contribution in [3.63, 3.8) is 0 Å². The van der Waals surface area contributed by atoms with E-state index in [9.17, 15) is 4.79 Å². The number of piperazine rings is 1. The largest absolute Gasteiger partial charge is 0.368 e. The molecule has 0 radical (unpaired) electrons. The minimum atomic E-state index is 0.0399. The molecule has 11 heteroatoms. The highest BCUT2D eigenvalue weighted by atomic mass is 35.5. The lowest BCUT2D eigenvalue weighted by atomic mass is 10.0. The number of hydrogen-bond donors (Lipinski definition) is 2. The third-order valence-corrected chi connectivity index (χ3v) is 6.37. The number of anilines is 2. The third-order valence-electron chi connectivity index (χ3n) is 6.05. The zero-order valence-electron chi connectivity index (χ0n) is 19.1. The smallest absolute Gasteiger partial charge is 0.319 e. The molecule has 34 heavy (non-hydrogen) atoms. The zero-order valence-corrected chi connectivity index (χ0v) is 19.9. The van der Waals surface area contributed by atoms with Gasteiger partial charge < -0.3 is 25.0 Å². The highest BCUT2D eigenvalue weighted by molar-refractivity contribution is 6.36. The Labute approximate surface area is 202 Å². The van der Waals surface area contributed by atoms with Crippen LogP contribution in [0.4, 0.5) is 16.3 Å². The summed E-state index contributed by atoms with van der Waals surface area (Å²) >= 11 is 6.66. The van der Waals surface area contributed by atoms with Gasteiger partial charge in [0.05, 0.1) is 22.6 Å². The van der Waals surface area contributed by atoms with Crippen LogP contribution in [0.3, 0.4) is 0 Å². The Morgan fingerprint density at radius 2 is 2.00 bits per heavy atom. The van der Waals surface area contributed by atoms with Gasteiger partial charge in [-0.25, -0.2) is 19.7 Å². The van der Waals surface area contributed by atoms with Crippen LogP contribution in [0.1, 0.15) is 5.56 Å². The number of fused-ring (bicyclic) bond motifs is 2. The van der Waals surface area contributed by atoms with Gasteiger partial charge in [-0.05, 0) is 30.2 Å². The molecule has 0 bridgehead atoms. The van der Waals surface area contributed by atoms with E-state index in [-0.39, 0.29) is 6.03 Å². The number of H-pyrrole nitrogens is 1. The average molecular weight is 480 g/mol. The summed E-state index contributed by atoms with van der Waals surface area (Å²) in [5, 5.41) is 5.00. The van der Waals surface area contributed by atoms with Gasteiger partial charge in [0, 0.05) is 58.4 Å². The Bertz CT molecular complexity index is 1330. The number of nitrogens with zero attached hydrogens (tertiary/aromatic N) is 7. The Morgan fingerprint density at radius 1 is 1.18 bits per heavy atom. The quantitative estimate of drug-likeness (QED) is 0.453. The molecule has 3 aromatic heterocycles. The number of pyridine rings is 1. The van der Waals surface area contributed by atoms with Crippen molar-refractivity contribution >= 4 is 51.2 Å². The summed E-state index contributed by atoms with van der Waals surface area (Å²) in [5.74, 6) is 0.713. The van der Waals surface area contributed by atoms with Crippen LogP contribution in [-0.2, 0) is 6.42 Å². The van der Waals surface area contributed by atoms with Crippen molar-refractivity contribution in [1.82, 2.24) is 34.7 Å². The van der Waals surface area contributed by atoms with Gasteiger partial charge in [-0.3, -0.25) is 4.98 Å². The van der Waals surface area contributed by atoms with Gasteiger partial charge in [-0.2, -0.15) is 0 Å². The summed E-state index contributed by atoms with van der Waals surface area (Å²) in [6, 6.07) is 5.97. The molecule has 1 aromatic carbocycles. The average Bonchev–Trinajstić information content (AvgIpc) is 3.34. The second-order valence-corrected chi connectivity index (χ2v) is 8.82. The molecule has 0 spiro atoms. The Balaban J connectivity index is 1.41. The normalized spacial score (nSPS) is 14.1. The number of halogens is 1. The van der Waals surface area contributed by atoms with E-state index in [2.05, 4.69) is 30.2 Å².